The third kappa shape index (κ3) is 4.69. The molecule has 8 heteroatoms. The Kier molecular flexibility index (Phi) is 6.00. The summed E-state index contributed by atoms with van der Waals surface area (Å²) in [5.74, 6) is 0.502. The second-order valence-electron chi connectivity index (χ2n) is 5.59. The van der Waals surface area contributed by atoms with Crippen molar-refractivity contribution in [1.82, 2.24) is 4.72 Å². The fourth-order valence-electron chi connectivity index (χ4n) is 1.64. The topological polar surface area (TPSA) is 53.5 Å². The molecule has 2 atom stereocenters. The van der Waals surface area contributed by atoms with E-state index in [2.05, 4.69) is 4.72 Å². The van der Waals surface area contributed by atoms with Crippen molar-refractivity contribution in [3.05, 3.63) is 23.8 Å². The van der Waals surface area contributed by atoms with Crippen molar-refractivity contribution in [3.8, 4) is 11.5 Å². The van der Waals surface area contributed by atoms with Crippen LogP contribution in [-0.4, -0.2) is 29.7 Å². The zero-order chi connectivity index (χ0) is 17.1. The Balaban J connectivity index is 3.18. The molecule has 1 N–H and O–H groups in total. The van der Waals surface area contributed by atoms with Crippen LogP contribution in [0.1, 0.15) is 32.4 Å². The molecule has 0 aliphatic rings. The number of hydrogen-bond acceptors (Lipinski definition) is 4. The highest BCUT2D eigenvalue weighted by Gasteiger charge is 2.45. The van der Waals surface area contributed by atoms with E-state index < -0.39 is 28.3 Å². The Morgan fingerprint density at radius 3 is 2.05 bits per heavy atom. The van der Waals surface area contributed by atoms with Crippen molar-refractivity contribution in [2.45, 2.75) is 37.7 Å². The summed E-state index contributed by atoms with van der Waals surface area (Å²) in [6.45, 7) is 4.79. The van der Waals surface area contributed by atoms with Gasteiger partial charge in [-0.05, 0) is 38.5 Å². The van der Waals surface area contributed by atoms with Crippen LogP contribution in [0.15, 0.2) is 18.2 Å². The summed E-state index contributed by atoms with van der Waals surface area (Å²) < 4.78 is 63.3. The second-order valence-corrected chi connectivity index (χ2v) is 7.59. The Bertz CT molecular complexity index is 503. The van der Waals surface area contributed by atoms with Crippen LogP contribution in [0, 0.1) is 0 Å². The SMILES string of the molecule is COc1ccc([C@@H](N[S+]([O-])C(C)(C)C)C(F)(F)F)cc1OC. The molecule has 0 saturated heterocycles. The molecule has 1 aromatic rings. The van der Waals surface area contributed by atoms with Crippen molar-refractivity contribution < 1.29 is 27.2 Å². The Morgan fingerprint density at radius 1 is 1.09 bits per heavy atom. The van der Waals surface area contributed by atoms with Crippen molar-refractivity contribution >= 4 is 11.4 Å². The first-order valence-corrected chi connectivity index (χ1v) is 7.62. The maximum absolute atomic E-state index is 13.3. The smallest absolute Gasteiger partial charge is 0.412 e. The standard InChI is InChI=1S/C14H20F3NO3S/c1-13(2,3)22(19)18-12(14(15,16)17)9-6-7-10(20-4)11(8-9)21-5/h6-8,12,18H,1-5H3/t12-,22?/m1/s1. The molecule has 1 rings (SSSR count). The first-order valence-electron chi connectivity index (χ1n) is 6.47. The monoisotopic (exact) mass is 339 g/mol. The molecule has 4 nitrogen and oxygen atoms in total. The largest absolute Gasteiger partial charge is 0.598 e. The van der Waals surface area contributed by atoms with Crippen LogP contribution in [0.4, 0.5) is 13.2 Å². The summed E-state index contributed by atoms with van der Waals surface area (Å²) >= 11 is -1.87. The molecule has 0 spiro atoms. The van der Waals surface area contributed by atoms with E-state index in [0.717, 1.165) is 0 Å². The van der Waals surface area contributed by atoms with Gasteiger partial charge in [0.15, 0.2) is 17.5 Å². The van der Waals surface area contributed by atoms with Crippen LogP contribution in [-0.2, 0) is 11.4 Å². The minimum atomic E-state index is -4.60. The molecule has 0 bridgehead atoms. The van der Waals surface area contributed by atoms with Gasteiger partial charge in [0.25, 0.3) is 0 Å². The van der Waals surface area contributed by atoms with Crippen molar-refractivity contribution in [2.24, 2.45) is 0 Å². The fourth-order valence-corrected chi connectivity index (χ4v) is 2.48. The average molecular weight is 339 g/mol. The predicted molar refractivity (Wildman–Crippen MR) is 79.4 cm³/mol. The molecular formula is C14H20F3NO3S. The maximum Gasteiger partial charge on any atom is 0.412 e. The molecule has 0 radical (unpaired) electrons. The van der Waals surface area contributed by atoms with Crippen molar-refractivity contribution in [3.63, 3.8) is 0 Å². The molecule has 0 aliphatic carbocycles. The summed E-state index contributed by atoms with van der Waals surface area (Å²) in [4.78, 5) is 0. The van der Waals surface area contributed by atoms with E-state index in [0.29, 0.717) is 5.75 Å². The van der Waals surface area contributed by atoms with Gasteiger partial charge in [-0.1, -0.05) is 6.07 Å². The molecule has 22 heavy (non-hydrogen) atoms. The van der Waals surface area contributed by atoms with Gasteiger partial charge < -0.3 is 14.0 Å². The number of nitrogens with one attached hydrogen (secondary N) is 1. The quantitative estimate of drug-likeness (QED) is 0.836. The lowest BCUT2D eigenvalue weighted by atomic mass is 10.1. The van der Waals surface area contributed by atoms with Gasteiger partial charge in [-0.15, -0.1) is 4.72 Å². The van der Waals surface area contributed by atoms with Gasteiger partial charge in [-0.2, -0.15) is 13.2 Å². The minimum absolute atomic E-state index is 0.0947. The van der Waals surface area contributed by atoms with Crippen LogP contribution in [0.3, 0.4) is 0 Å². The summed E-state index contributed by atoms with van der Waals surface area (Å²) in [6, 6.07) is 1.82. The van der Waals surface area contributed by atoms with E-state index in [1.54, 1.807) is 20.8 Å². The Morgan fingerprint density at radius 2 is 1.64 bits per heavy atom. The normalized spacial score (nSPS) is 15.3. The molecule has 0 aliphatic heterocycles. The summed E-state index contributed by atoms with van der Waals surface area (Å²) in [6.07, 6.45) is -4.60. The molecule has 0 saturated carbocycles. The van der Waals surface area contributed by atoms with Gasteiger partial charge in [-0.25, -0.2) is 0 Å². The third-order valence-corrected chi connectivity index (χ3v) is 4.41. The maximum atomic E-state index is 13.3. The number of rotatable bonds is 5. The van der Waals surface area contributed by atoms with Gasteiger partial charge >= 0.3 is 6.18 Å². The zero-order valence-corrected chi connectivity index (χ0v) is 13.9. The molecule has 0 aromatic heterocycles. The van der Waals surface area contributed by atoms with Crippen molar-refractivity contribution in [2.75, 3.05) is 14.2 Å². The lowest BCUT2D eigenvalue weighted by molar-refractivity contribution is -0.153. The van der Waals surface area contributed by atoms with E-state index in [4.69, 9.17) is 9.47 Å². The highest BCUT2D eigenvalue weighted by molar-refractivity contribution is 7.90. The Hall–Kier alpha value is -1.12. The molecule has 126 valence electrons. The first-order chi connectivity index (χ1) is 10.0. The summed E-state index contributed by atoms with van der Waals surface area (Å²) in [5.41, 5.74) is -0.0947. The molecule has 1 unspecified atom stereocenters. The lowest BCUT2D eigenvalue weighted by Crippen LogP contribution is -2.45. The van der Waals surface area contributed by atoms with Gasteiger partial charge in [0.1, 0.15) is 4.75 Å². The number of halogens is 3. The van der Waals surface area contributed by atoms with Gasteiger partial charge in [0, 0.05) is 11.4 Å². The second kappa shape index (κ2) is 6.97. The van der Waals surface area contributed by atoms with E-state index in [1.807, 2.05) is 0 Å². The Labute approximate surface area is 131 Å². The van der Waals surface area contributed by atoms with E-state index in [-0.39, 0.29) is 11.3 Å². The van der Waals surface area contributed by atoms with Gasteiger partial charge in [0.2, 0.25) is 0 Å². The van der Waals surface area contributed by atoms with Crippen LogP contribution in [0.2, 0.25) is 0 Å². The summed E-state index contributed by atoms with van der Waals surface area (Å²) in [5, 5.41) is 0. The summed E-state index contributed by atoms with van der Waals surface area (Å²) in [7, 11) is 2.73. The van der Waals surface area contributed by atoms with Crippen LogP contribution >= 0.6 is 0 Å². The van der Waals surface area contributed by atoms with Crippen LogP contribution in [0.5, 0.6) is 11.5 Å². The van der Waals surface area contributed by atoms with Gasteiger partial charge in [-0.3, -0.25) is 0 Å². The van der Waals surface area contributed by atoms with E-state index in [9.17, 15) is 17.7 Å². The van der Waals surface area contributed by atoms with Crippen LogP contribution < -0.4 is 14.2 Å². The van der Waals surface area contributed by atoms with E-state index in [1.165, 1.54) is 32.4 Å². The van der Waals surface area contributed by atoms with E-state index >= 15 is 0 Å². The zero-order valence-electron chi connectivity index (χ0n) is 13.1. The first kappa shape index (κ1) is 18.9. The van der Waals surface area contributed by atoms with Gasteiger partial charge in [0.05, 0.1) is 14.2 Å². The third-order valence-electron chi connectivity index (χ3n) is 2.85. The number of methoxy groups -OCH3 is 2. The lowest BCUT2D eigenvalue weighted by Gasteiger charge is -2.29. The van der Waals surface area contributed by atoms with Crippen LogP contribution in [0.25, 0.3) is 0 Å². The molecule has 0 amide bonds. The predicted octanol–water partition coefficient (Wildman–Crippen LogP) is 3.36. The molecule has 0 fully saturated rings. The fraction of sp³-hybridized carbons (Fsp3) is 0.571. The molecule has 0 heterocycles. The number of hydrogen-bond donors (Lipinski definition) is 1. The number of ether oxygens (including phenoxy) is 2. The highest BCUT2D eigenvalue weighted by Crippen LogP contribution is 2.38. The number of benzene rings is 1. The van der Waals surface area contributed by atoms with Crippen molar-refractivity contribution in [1.29, 1.82) is 0 Å². The molecular weight excluding hydrogens is 319 g/mol. The minimum Gasteiger partial charge on any atom is -0.598 e. The highest BCUT2D eigenvalue weighted by atomic mass is 32.2. The number of alkyl halides is 3. The molecule has 1 aromatic carbocycles. The average Bonchev–Trinajstić information content (AvgIpc) is 2.41.